The predicted octanol–water partition coefficient (Wildman–Crippen LogP) is 4.04. The molecule has 0 aromatic rings. The summed E-state index contributed by atoms with van der Waals surface area (Å²) in [6.07, 6.45) is 11.7. The molecule has 0 radical (unpaired) electrons. The Labute approximate surface area is 109 Å². The van der Waals surface area contributed by atoms with Crippen LogP contribution in [0.4, 0.5) is 0 Å². The molecule has 0 nitrogen and oxygen atoms in total. The van der Waals surface area contributed by atoms with Crippen LogP contribution in [0.2, 0.25) is 0 Å². The first kappa shape index (κ1) is 13.5. The van der Waals surface area contributed by atoms with Crippen molar-refractivity contribution in [1.82, 2.24) is 0 Å². The number of allylic oxidation sites excluding steroid dienone is 2. The SMILES string of the molecule is C1=CC2C3C[CH-]C(C3)C2C1.C[C-](C)C.[W+2]. The van der Waals surface area contributed by atoms with Crippen LogP contribution in [-0.2, 0) is 21.1 Å². The molecule has 4 unspecified atom stereocenters. The fourth-order valence-corrected chi connectivity index (χ4v) is 3.22. The molecule has 2 fully saturated rings. The van der Waals surface area contributed by atoms with Crippen LogP contribution in [0.5, 0.6) is 0 Å². The second-order valence-electron chi connectivity index (χ2n) is 5.54. The molecule has 0 amide bonds. The number of fused-ring (bicyclic) bond motifs is 5. The van der Waals surface area contributed by atoms with Crippen LogP contribution < -0.4 is 0 Å². The van der Waals surface area contributed by atoms with Gasteiger partial charge in [0.05, 0.1) is 0 Å². The smallest absolute Gasteiger partial charge is 0.325 e. The Hall–Kier alpha value is 0.428. The van der Waals surface area contributed by atoms with Gasteiger partial charge in [0.25, 0.3) is 0 Å². The maximum Gasteiger partial charge on any atom is 2.00 e. The average molecular weight is 374 g/mol. The van der Waals surface area contributed by atoms with Gasteiger partial charge in [0.15, 0.2) is 0 Å². The standard InChI is InChI=1S/C10H13.C4H9.W/c1-2-9-7-4-5-8(6-7)10(9)3-1;1-4(2)3;/h1-2,5,7-10H,3-4,6H2;1-3H3;/q2*-1;+2. The molecule has 15 heavy (non-hydrogen) atoms. The molecule has 0 N–H and O–H groups in total. The van der Waals surface area contributed by atoms with Crippen molar-refractivity contribution in [3.05, 3.63) is 24.5 Å². The van der Waals surface area contributed by atoms with E-state index in [2.05, 4.69) is 39.3 Å². The van der Waals surface area contributed by atoms with Crippen molar-refractivity contribution in [1.29, 1.82) is 0 Å². The van der Waals surface area contributed by atoms with E-state index in [9.17, 15) is 0 Å². The molecule has 0 aliphatic heterocycles. The van der Waals surface area contributed by atoms with E-state index in [4.69, 9.17) is 0 Å². The van der Waals surface area contributed by atoms with Crippen LogP contribution in [0.1, 0.15) is 40.0 Å². The summed E-state index contributed by atoms with van der Waals surface area (Å²) in [6, 6.07) is 0. The van der Waals surface area contributed by atoms with Gasteiger partial charge in [-0.3, -0.25) is 0 Å². The molecule has 0 aromatic carbocycles. The van der Waals surface area contributed by atoms with Crippen LogP contribution in [0, 0.1) is 36.0 Å². The molecular weight excluding hydrogens is 352 g/mol. The normalized spacial score (nSPS) is 39.7. The second-order valence-corrected chi connectivity index (χ2v) is 5.54. The summed E-state index contributed by atoms with van der Waals surface area (Å²) < 4.78 is 0. The summed E-state index contributed by atoms with van der Waals surface area (Å²) in [6.45, 7) is 6.25. The third-order valence-corrected chi connectivity index (χ3v) is 3.67. The van der Waals surface area contributed by atoms with Gasteiger partial charge in [-0.1, -0.05) is 30.4 Å². The summed E-state index contributed by atoms with van der Waals surface area (Å²) in [5.74, 6) is 5.51. The van der Waals surface area contributed by atoms with Gasteiger partial charge in [0, 0.05) is 0 Å². The summed E-state index contributed by atoms with van der Waals surface area (Å²) in [5.41, 5.74) is 0. The quantitative estimate of drug-likeness (QED) is 0.444. The first-order valence-corrected chi connectivity index (χ1v) is 5.95. The summed E-state index contributed by atoms with van der Waals surface area (Å²) in [4.78, 5) is 0. The van der Waals surface area contributed by atoms with Gasteiger partial charge in [-0.2, -0.15) is 33.1 Å². The maximum atomic E-state index is 2.57. The van der Waals surface area contributed by atoms with E-state index in [1.165, 1.54) is 25.2 Å². The Balaban J connectivity index is 0.000000200. The van der Waals surface area contributed by atoms with Crippen LogP contribution in [0.3, 0.4) is 0 Å². The number of rotatable bonds is 0. The first-order valence-electron chi connectivity index (χ1n) is 5.95. The van der Waals surface area contributed by atoms with Crippen molar-refractivity contribution >= 4 is 0 Å². The van der Waals surface area contributed by atoms with Crippen LogP contribution in [-0.4, -0.2) is 0 Å². The zero-order valence-corrected chi connectivity index (χ0v) is 13.0. The molecule has 1 heteroatoms. The minimum Gasteiger partial charge on any atom is -0.325 e. The third kappa shape index (κ3) is 2.96. The van der Waals surface area contributed by atoms with Crippen molar-refractivity contribution in [3.8, 4) is 0 Å². The van der Waals surface area contributed by atoms with Crippen molar-refractivity contribution < 1.29 is 21.1 Å². The van der Waals surface area contributed by atoms with Gasteiger partial charge in [-0.25, -0.2) is 0 Å². The molecule has 4 atom stereocenters. The van der Waals surface area contributed by atoms with Gasteiger partial charge < -0.3 is 12.3 Å². The molecule has 0 spiro atoms. The summed E-state index contributed by atoms with van der Waals surface area (Å²) >= 11 is 0. The monoisotopic (exact) mass is 374 g/mol. The van der Waals surface area contributed by atoms with Crippen LogP contribution in [0.25, 0.3) is 0 Å². The molecule has 0 saturated heterocycles. The fraction of sp³-hybridized carbons (Fsp3) is 0.714. The van der Waals surface area contributed by atoms with Gasteiger partial charge in [0.2, 0.25) is 0 Å². The molecule has 3 aliphatic carbocycles. The second kappa shape index (κ2) is 5.67. The van der Waals surface area contributed by atoms with E-state index in [-0.39, 0.29) is 21.1 Å². The van der Waals surface area contributed by atoms with Crippen LogP contribution >= 0.6 is 0 Å². The molecule has 0 aromatic heterocycles. The van der Waals surface area contributed by atoms with E-state index in [1.807, 2.05) is 0 Å². The topological polar surface area (TPSA) is 0 Å². The van der Waals surface area contributed by atoms with Crippen molar-refractivity contribution in [2.75, 3.05) is 0 Å². The zero-order valence-electron chi connectivity index (χ0n) is 10.1. The minimum atomic E-state index is 0. The fourth-order valence-electron chi connectivity index (χ4n) is 3.22. The minimum absolute atomic E-state index is 0. The van der Waals surface area contributed by atoms with E-state index in [1.54, 1.807) is 0 Å². The first-order chi connectivity index (χ1) is 6.68. The van der Waals surface area contributed by atoms with E-state index in [0.29, 0.717) is 0 Å². The van der Waals surface area contributed by atoms with Crippen molar-refractivity contribution in [2.45, 2.75) is 40.0 Å². The van der Waals surface area contributed by atoms with Gasteiger partial charge in [-0.15, -0.1) is 0 Å². The molecule has 3 rings (SSSR count). The van der Waals surface area contributed by atoms with Gasteiger partial charge >= 0.3 is 21.1 Å². The molecule has 2 bridgehead atoms. The van der Waals surface area contributed by atoms with E-state index >= 15 is 0 Å². The summed E-state index contributed by atoms with van der Waals surface area (Å²) in [5, 5.41) is 0. The molecule has 84 valence electrons. The Kier molecular flexibility index (Phi) is 5.10. The molecule has 2 saturated carbocycles. The Morgan fingerprint density at radius 3 is 2.53 bits per heavy atom. The number of hydrogen-bond donors (Lipinski definition) is 0. The largest absolute Gasteiger partial charge is 2.00 e. The van der Waals surface area contributed by atoms with Gasteiger partial charge in [0.1, 0.15) is 0 Å². The van der Waals surface area contributed by atoms with Crippen molar-refractivity contribution in [2.24, 2.45) is 23.7 Å². The van der Waals surface area contributed by atoms with E-state index < -0.39 is 0 Å². The van der Waals surface area contributed by atoms with Gasteiger partial charge in [-0.05, 0) is 12.3 Å². The average Bonchev–Trinajstić information content (AvgIpc) is 2.76. The third-order valence-electron chi connectivity index (χ3n) is 3.67. The summed E-state index contributed by atoms with van der Waals surface area (Å²) in [7, 11) is 0. The predicted molar refractivity (Wildman–Crippen MR) is 61.5 cm³/mol. The Morgan fingerprint density at radius 1 is 1.27 bits per heavy atom. The zero-order chi connectivity index (χ0) is 10.1. The molecule has 3 aliphatic rings. The Bertz CT molecular complexity index is 217. The number of hydrogen-bond acceptors (Lipinski definition) is 0. The maximum absolute atomic E-state index is 2.57. The van der Waals surface area contributed by atoms with Crippen molar-refractivity contribution in [3.63, 3.8) is 0 Å². The molecule has 0 heterocycles. The van der Waals surface area contributed by atoms with E-state index in [0.717, 1.165) is 23.7 Å². The molecular formula is C14H22W. The Morgan fingerprint density at radius 2 is 1.93 bits per heavy atom. The van der Waals surface area contributed by atoms with Crippen LogP contribution in [0.15, 0.2) is 12.2 Å².